The molecule has 1 saturated carbocycles. The average molecular weight is 252 g/mol. The Hall–Kier alpha value is 0. The molecule has 0 N–H and O–H groups in total. The van der Waals surface area contributed by atoms with Crippen LogP contribution in [0.1, 0.15) is 104 Å². The lowest BCUT2D eigenvalue weighted by Crippen LogP contribution is -2.05. The van der Waals surface area contributed by atoms with Crippen molar-refractivity contribution >= 4 is 0 Å². The summed E-state index contributed by atoms with van der Waals surface area (Å²) >= 11 is 0. The molecule has 0 spiro atoms. The molecule has 0 heteroatoms. The average Bonchev–Trinajstić information content (AvgIpc) is 2.37. The molecule has 0 amide bonds. The van der Waals surface area contributed by atoms with Crippen LogP contribution in [-0.4, -0.2) is 0 Å². The monoisotopic (exact) mass is 252 g/mol. The van der Waals surface area contributed by atoms with Crippen LogP contribution in [0.5, 0.6) is 0 Å². The van der Waals surface area contributed by atoms with E-state index in [0.29, 0.717) is 0 Å². The summed E-state index contributed by atoms with van der Waals surface area (Å²) in [4.78, 5) is 0. The Balaban J connectivity index is 1.75. The molecule has 0 aliphatic heterocycles. The highest BCUT2D eigenvalue weighted by molar-refractivity contribution is 4.65. The SMILES string of the molecule is CC(C)CCCCCCCCCC1CCCCC1. The molecule has 1 fully saturated rings. The van der Waals surface area contributed by atoms with E-state index in [2.05, 4.69) is 13.8 Å². The van der Waals surface area contributed by atoms with E-state index in [1.807, 2.05) is 0 Å². The van der Waals surface area contributed by atoms with E-state index in [0.717, 1.165) is 11.8 Å². The zero-order valence-electron chi connectivity index (χ0n) is 13.1. The van der Waals surface area contributed by atoms with Gasteiger partial charge in [0.25, 0.3) is 0 Å². The molecule has 0 nitrogen and oxygen atoms in total. The predicted molar refractivity (Wildman–Crippen MR) is 83.0 cm³/mol. The summed E-state index contributed by atoms with van der Waals surface area (Å²) in [6, 6.07) is 0. The molecule has 0 atom stereocenters. The van der Waals surface area contributed by atoms with Crippen molar-refractivity contribution in [2.24, 2.45) is 11.8 Å². The fraction of sp³-hybridized carbons (Fsp3) is 1.00. The van der Waals surface area contributed by atoms with E-state index >= 15 is 0 Å². The van der Waals surface area contributed by atoms with Crippen molar-refractivity contribution in [1.29, 1.82) is 0 Å². The largest absolute Gasteiger partial charge is 0.0628 e. The van der Waals surface area contributed by atoms with Gasteiger partial charge in [-0.05, 0) is 11.8 Å². The maximum atomic E-state index is 2.34. The maximum Gasteiger partial charge on any atom is -0.0414 e. The number of hydrogen-bond donors (Lipinski definition) is 0. The van der Waals surface area contributed by atoms with E-state index < -0.39 is 0 Å². The van der Waals surface area contributed by atoms with Crippen LogP contribution in [0.4, 0.5) is 0 Å². The van der Waals surface area contributed by atoms with E-state index in [9.17, 15) is 0 Å². The highest BCUT2D eigenvalue weighted by Gasteiger charge is 2.12. The molecule has 1 rings (SSSR count). The molecule has 0 aromatic rings. The highest BCUT2D eigenvalue weighted by atomic mass is 14.2. The van der Waals surface area contributed by atoms with Crippen LogP contribution in [0.25, 0.3) is 0 Å². The van der Waals surface area contributed by atoms with Crippen LogP contribution < -0.4 is 0 Å². The van der Waals surface area contributed by atoms with Crippen molar-refractivity contribution in [3.63, 3.8) is 0 Å². The summed E-state index contributed by atoms with van der Waals surface area (Å²) in [6.07, 6.45) is 21.0. The third-order valence-electron chi connectivity index (χ3n) is 4.62. The van der Waals surface area contributed by atoms with Gasteiger partial charge >= 0.3 is 0 Å². The topological polar surface area (TPSA) is 0 Å². The third kappa shape index (κ3) is 9.00. The molecule has 0 saturated heterocycles. The summed E-state index contributed by atoms with van der Waals surface area (Å²) in [5, 5.41) is 0. The minimum atomic E-state index is 0.903. The first-order chi connectivity index (χ1) is 8.79. The second kappa shape index (κ2) is 10.9. The predicted octanol–water partition coefficient (Wildman–Crippen LogP) is 6.73. The van der Waals surface area contributed by atoms with Crippen molar-refractivity contribution in [2.45, 2.75) is 104 Å². The van der Waals surface area contributed by atoms with Gasteiger partial charge in [0.2, 0.25) is 0 Å². The molecule has 1 aliphatic carbocycles. The molecule has 0 aromatic carbocycles. The third-order valence-corrected chi connectivity index (χ3v) is 4.62. The van der Waals surface area contributed by atoms with Gasteiger partial charge in [0.05, 0.1) is 0 Å². The normalized spacial score (nSPS) is 17.5. The first kappa shape index (κ1) is 16.1. The maximum absolute atomic E-state index is 2.34. The van der Waals surface area contributed by atoms with Crippen molar-refractivity contribution < 1.29 is 0 Å². The second-order valence-corrected chi connectivity index (χ2v) is 6.95. The van der Waals surface area contributed by atoms with Crippen LogP contribution in [0, 0.1) is 11.8 Å². The van der Waals surface area contributed by atoms with E-state index in [1.54, 1.807) is 0 Å². The zero-order valence-corrected chi connectivity index (χ0v) is 13.1. The van der Waals surface area contributed by atoms with Crippen LogP contribution in [-0.2, 0) is 0 Å². The smallest absolute Gasteiger partial charge is 0.0414 e. The second-order valence-electron chi connectivity index (χ2n) is 6.95. The Morgan fingerprint density at radius 1 is 0.722 bits per heavy atom. The molecule has 108 valence electrons. The van der Waals surface area contributed by atoms with Gasteiger partial charge in [-0.15, -0.1) is 0 Å². The minimum absolute atomic E-state index is 0.903. The van der Waals surface area contributed by atoms with Gasteiger partial charge < -0.3 is 0 Å². The Kier molecular flexibility index (Phi) is 9.70. The summed E-state index contributed by atoms with van der Waals surface area (Å²) < 4.78 is 0. The first-order valence-corrected chi connectivity index (χ1v) is 8.79. The molecular weight excluding hydrogens is 216 g/mol. The number of unbranched alkanes of at least 4 members (excludes halogenated alkanes) is 6. The fourth-order valence-electron chi connectivity index (χ4n) is 3.35. The highest BCUT2D eigenvalue weighted by Crippen LogP contribution is 2.28. The summed E-state index contributed by atoms with van der Waals surface area (Å²) in [6.45, 7) is 4.68. The van der Waals surface area contributed by atoms with E-state index in [-0.39, 0.29) is 0 Å². The van der Waals surface area contributed by atoms with Crippen molar-refractivity contribution in [1.82, 2.24) is 0 Å². The number of rotatable bonds is 10. The van der Waals surface area contributed by atoms with E-state index in [4.69, 9.17) is 0 Å². The minimum Gasteiger partial charge on any atom is -0.0628 e. The van der Waals surface area contributed by atoms with Crippen LogP contribution in [0.15, 0.2) is 0 Å². The zero-order chi connectivity index (χ0) is 13.1. The summed E-state index contributed by atoms with van der Waals surface area (Å²) in [5.41, 5.74) is 0. The lowest BCUT2D eigenvalue weighted by atomic mass is 9.85. The van der Waals surface area contributed by atoms with Gasteiger partial charge in [0.1, 0.15) is 0 Å². The molecule has 0 bridgehead atoms. The van der Waals surface area contributed by atoms with Crippen molar-refractivity contribution in [3.8, 4) is 0 Å². The fourth-order valence-corrected chi connectivity index (χ4v) is 3.35. The Bertz CT molecular complexity index is 165. The summed E-state index contributed by atoms with van der Waals surface area (Å²) in [7, 11) is 0. The standard InChI is InChI=1S/C18H36/c1-17(2)13-9-6-4-3-5-7-10-14-18-15-11-8-12-16-18/h17-18H,3-16H2,1-2H3. The van der Waals surface area contributed by atoms with Crippen molar-refractivity contribution in [2.75, 3.05) is 0 Å². The van der Waals surface area contributed by atoms with Gasteiger partial charge in [-0.2, -0.15) is 0 Å². The first-order valence-electron chi connectivity index (χ1n) is 8.79. The summed E-state index contributed by atoms with van der Waals surface area (Å²) in [5.74, 6) is 2.00. The lowest BCUT2D eigenvalue weighted by Gasteiger charge is -2.21. The molecule has 0 aromatic heterocycles. The molecule has 0 radical (unpaired) electrons. The van der Waals surface area contributed by atoms with Crippen molar-refractivity contribution in [3.05, 3.63) is 0 Å². The molecule has 1 aliphatic rings. The van der Waals surface area contributed by atoms with Gasteiger partial charge in [-0.25, -0.2) is 0 Å². The molecule has 18 heavy (non-hydrogen) atoms. The Labute approximate surface area is 116 Å². The van der Waals surface area contributed by atoms with Gasteiger partial charge in [0, 0.05) is 0 Å². The number of hydrogen-bond acceptors (Lipinski definition) is 0. The van der Waals surface area contributed by atoms with Crippen LogP contribution >= 0.6 is 0 Å². The molecule has 0 heterocycles. The van der Waals surface area contributed by atoms with Crippen LogP contribution in [0.2, 0.25) is 0 Å². The van der Waals surface area contributed by atoms with Gasteiger partial charge in [0.15, 0.2) is 0 Å². The van der Waals surface area contributed by atoms with E-state index in [1.165, 1.54) is 89.9 Å². The molecular formula is C18H36. The van der Waals surface area contributed by atoms with Crippen LogP contribution in [0.3, 0.4) is 0 Å². The van der Waals surface area contributed by atoms with Gasteiger partial charge in [-0.1, -0.05) is 104 Å². The lowest BCUT2D eigenvalue weighted by molar-refractivity contribution is 0.328. The quantitative estimate of drug-likeness (QED) is 0.378. The molecule has 0 unspecified atom stereocenters. The van der Waals surface area contributed by atoms with Gasteiger partial charge in [-0.3, -0.25) is 0 Å². The Morgan fingerprint density at radius 3 is 1.89 bits per heavy atom. The Morgan fingerprint density at radius 2 is 1.28 bits per heavy atom.